The Morgan fingerprint density at radius 1 is 1.50 bits per heavy atom. The second-order valence-corrected chi connectivity index (χ2v) is 5.97. The Balaban J connectivity index is 2.18. The van der Waals surface area contributed by atoms with Gasteiger partial charge in [-0.3, -0.25) is 9.69 Å². The Bertz CT molecular complexity index is 258. The molecule has 1 N–H and O–H groups in total. The van der Waals surface area contributed by atoms with Crippen LogP contribution in [0.3, 0.4) is 0 Å². The predicted octanol–water partition coefficient (Wildman–Crippen LogP) is 2.21. The Morgan fingerprint density at radius 2 is 2.19 bits per heavy atom. The van der Waals surface area contributed by atoms with Crippen LogP contribution in [0, 0.1) is 0 Å². The first-order valence-electron chi connectivity index (χ1n) is 6.28. The summed E-state index contributed by atoms with van der Waals surface area (Å²) in [5.74, 6) is 1.16. The largest absolute Gasteiger partial charge is 0.480 e. The summed E-state index contributed by atoms with van der Waals surface area (Å²) in [5, 5.41) is 9.57. The lowest BCUT2D eigenvalue weighted by atomic mass is 9.94. The summed E-state index contributed by atoms with van der Waals surface area (Å²) in [6.45, 7) is 2.98. The average molecular weight is 243 g/mol. The highest BCUT2D eigenvalue weighted by Crippen LogP contribution is 2.38. The smallest absolute Gasteiger partial charge is 0.325 e. The van der Waals surface area contributed by atoms with Gasteiger partial charge in [-0.1, -0.05) is 19.8 Å². The average Bonchev–Trinajstić information content (AvgIpc) is 2.89. The fourth-order valence-corrected chi connectivity index (χ4v) is 4.60. The molecule has 92 valence electrons. The number of carboxylic acids is 1. The highest BCUT2D eigenvalue weighted by molar-refractivity contribution is 7.99. The predicted molar refractivity (Wildman–Crippen MR) is 66.9 cm³/mol. The van der Waals surface area contributed by atoms with Gasteiger partial charge in [0.05, 0.1) is 0 Å². The zero-order valence-electron chi connectivity index (χ0n) is 9.95. The van der Waals surface area contributed by atoms with Gasteiger partial charge in [0.25, 0.3) is 0 Å². The Labute approximate surface area is 102 Å². The van der Waals surface area contributed by atoms with Crippen molar-refractivity contribution in [3.8, 4) is 0 Å². The lowest BCUT2D eigenvalue weighted by Gasteiger charge is -2.40. The molecule has 1 heterocycles. The van der Waals surface area contributed by atoms with Gasteiger partial charge in [-0.2, -0.15) is 11.8 Å². The molecule has 1 atom stereocenters. The van der Waals surface area contributed by atoms with Crippen molar-refractivity contribution in [1.82, 2.24) is 4.90 Å². The van der Waals surface area contributed by atoms with Gasteiger partial charge in [0.15, 0.2) is 0 Å². The van der Waals surface area contributed by atoms with Crippen molar-refractivity contribution in [2.45, 2.75) is 50.6 Å². The van der Waals surface area contributed by atoms with E-state index in [4.69, 9.17) is 0 Å². The van der Waals surface area contributed by atoms with Gasteiger partial charge in [0.1, 0.15) is 5.54 Å². The van der Waals surface area contributed by atoms with Gasteiger partial charge in [-0.15, -0.1) is 0 Å². The lowest BCUT2D eigenvalue weighted by Crippen LogP contribution is -2.58. The minimum atomic E-state index is -0.605. The Kier molecular flexibility index (Phi) is 3.80. The highest BCUT2D eigenvalue weighted by Gasteiger charge is 2.48. The first-order valence-corrected chi connectivity index (χ1v) is 7.44. The zero-order valence-corrected chi connectivity index (χ0v) is 10.8. The van der Waals surface area contributed by atoms with E-state index in [9.17, 15) is 9.90 Å². The molecular weight excluding hydrogens is 222 g/mol. The molecule has 0 aromatic heterocycles. The quantitative estimate of drug-likeness (QED) is 0.822. The summed E-state index contributed by atoms with van der Waals surface area (Å²) < 4.78 is 0. The number of hydrogen-bond donors (Lipinski definition) is 1. The van der Waals surface area contributed by atoms with Gasteiger partial charge in [0.2, 0.25) is 0 Å². The summed E-state index contributed by atoms with van der Waals surface area (Å²) in [6.07, 6.45) is 5.73. The molecule has 1 saturated heterocycles. The molecule has 3 nitrogen and oxygen atoms in total. The van der Waals surface area contributed by atoms with Crippen LogP contribution in [0.1, 0.15) is 39.0 Å². The second kappa shape index (κ2) is 4.96. The van der Waals surface area contributed by atoms with Gasteiger partial charge in [-0.25, -0.2) is 0 Å². The van der Waals surface area contributed by atoms with E-state index in [1.807, 2.05) is 0 Å². The van der Waals surface area contributed by atoms with Crippen LogP contribution in [0.2, 0.25) is 0 Å². The van der Waals surface area contributed by atoms with Crippen molar-refractivity contribution in [3.05, 3.63) is 0 Å². The zero-order chi connectivity index (χ0) is 11.6. The molecule has 0 aromatic rings. The summed E-state index contributed by atoms with van der Waals surface area (Å²) in [5.41, 5.74) is -0.561. The summed E-state index contributed by atoms with van der Waals surface area (Å²) in [4.78, 5) is 13.9. The van der Waals surface area contributed by atoms with Crippen molar-refractivity contribution in [3.63, 3.8) is 0 Å². The molecule has 0 spiro atoms. The summed E-state index contributed by atoms with van der Waals surface area (Å²) in [6, 6.07) is 0.514. The van der Waals surface area contributed by atoms with Crippen LogP contribution < -0.4 is 0 Å². The third-order valence-corrected chi connectivity index (χ3v) is 5.23. The molecule has 1 unspecified atom stereocenters. The monoisotopic (exact) mass is 243 g/mol. The van der Waals surface area contributed by atoms with E-state index in [1.54, 1.807) is 11.8 Å². The minimum Gasteiger partial charge on any atom is -0.480 e. The van der Waals surface area contributed by atoms with E-state index in [0.29, 0.717) is 6.04 Å². The maximum Gasteiger partial charge on any atom is 0.325 e. The summed E-state index contributed by atoms with van der Waals surface area (Å²) in [7, 11) is 0. The normalized spacial score (nSPS) is 31.4. The Hall–Kier alpha value is -0.220. The molecule has 0 aromatic carbocycles. The number of thioether (sulfide) groups is 1. The molecule has 2 rings (SSSR count). The van der Waals surface area contributed by atoms with Crippen LogP contribution >= 0.6 is 11.8 Å². The molecule has 16 heavy (non-hydrogen) atoms. The number of carboxylic acid groups (broad SMARTS) is 1. The topological polar surface area (TPSA) is 40.5 Å². The molecule has 1 saturated carbocycles. The van der Waals surface area contributed by atoms with E-state index in [0.717, 1.165) is 24.5 Å². The SMILES string of the molecule is CCN(C1CCCC1)C1(C(=O)O)CCSC1. The van der Waals surface area contributed by atoms with E-state index < -0.39 is 11.5 Å². The lowest BCUT2D eigenvalue weighted by molar-refractivity contribution is -0.151. The van der Waals surface area contributed by atoms with Gasteiger partial charge < -0.3 is 5.11 Å². The standard InChI is InChI=1S/C12H21NO2S/c1-2-13(10-5-3-4-6-10)12(11(14)15)7-8-16-9-12/h10H,2-9H2,1H3,(H,14,15). The summed E-state index contributed by atoms with van der Waals surface area (Å²) >= 11 is 1.79. The number of aliphatic carboxylic acids is 1. The molecule has 2 aliphatic rings. The van der Waals surface area contributed by atoms with Gasteiger partial charge in [0, 0.05) is 11.8 Å². The number of likely N-dealkylation sites (N-methyl/N-ethyl adjacent to an activating group) is 1. The van der Waals surface area contributed by atoms with Gasteiger partial charge >= 0.3 is 5.97 Å². The molecule has 0 radical (unpaired) electrons. The molecule has 0 bridgehead atoms. The maximum atomic E-state index is 11.6. The molecule has 1 aliphatic carbocycles. The number of nitrogens with zero attached hydrogens (tertiary/aromatic N) is 1. The molecule has 4 heteroatoms. The number of carbonyl (C=O) groups is 1. The van der Waals surface area contributed by atoms with Crippen molar-refractivity contribution < 1.29 is 9.90 Å². The third kappa shape index (κ3) is 1.97. The van der Waals surface area contributed by atoms with Crippen molar-refractivity contribution in [1.29, 1.82) is 0 Å². The first-order chi connectivity index (χ1) is 7.70. The molecule has 0 amide bonds. The first kappa shape index (κ1) is 12.2. The molecule has 2 fully saturated rings. The van der Waals surface area contributed by atoms with Crippen LogP contribution in [0.25, 0.3) is 0 Å². The molecule has 1 aliphatic heterocycles. The van der Waals surface area contributed by atoms with Crippen molar-refractivity contribution >= 4 is 17.7 Å². The fraction of sp³-hybridized carbons (Fsp3) is 0.917. The highest BCUT2D eigenvalue weighted by atomic mass is 32.2. The number of hydrogen-bond acceptors (Lipinski definition) is 3. The van der Waals surface area contributed by atoms with Crippen LogP contribution in [0.15, 0.2) is 0 Å². The maximum absolute atomic E-state index is 11.6. The van der Waals surface area contributed by atoms with E-state index >= 15 is 0 Å². The van der Waals surface area contributed by atoms with E-state index in [2.05, 4.69) is 11.8 Å². The Morgan fingerprint density at radius 3 is 2.62 bits per heavy atom. The van der Waals surface area contributed by atoms with Crippen LogP contribution in [-0.4, -0.2) is 45.6 Å². The van der Waals surface area contributed by atoms with Crippen LogP contribution in [0.5, 0.6) is 0 Å². The second-order valence-electron chi connectivity index (χ2n) is 4.86. The third-order valence-electron chi connectivity index (χ3n) is 4.05. The molecular formula is C12H21NO2S. The van der Waals surface area contributed by atoms with Crippen LogP contribution in [0.4, 0.5) is 0 Å². The van der Waals surface area contributed by atoms with E-state index in [-0.39, 0.29) is 0 Å². The van der Waals surface area contributed by atoms with Crippen molar-refractivity contribution in [2.24, 2.45) is 0 Å². The fourth-order valence-electron chi connectivity index (χ4n) is 3.20. The van der Waals surface area contributed by atoms with Crippen LogP contribution in [-0.2, 0) is 4.79 Å². The van der Waals surface area contributed by atoms with E-state index in [1.165, 1.54) is 25.7 Å². The van der Waals surface area contributed by atoms with Gasteiger partial charge in [-0.05, 0) is 31.6 Å². The minimum absolute atomic E-state index is 0.514. The number of rotatable bonds is 4. The van der Waals surface area contributed by atoms with Crippen molar-refractivity contribution in [2.75, 3.05) is 18.1 Å².